The fourth-order valence-corrected chi connectivity index (χ4v) is 5.49. The van der Waals surface area contributed by atoms with Crippen LogP contribution >= 0.6 is 0 Å². The summed E-state index contributed by atoms with van der Waals surface area (Å²) in [5.74, 6) is -1.80. The van der Waals surface area contributed by atoms with E-state index in [-0.39, 0.29) is 5.92 Å². The summed E-state index contributed by atoms with van der Waals surface area (Å²) >= 11 is 0. The molecule has 0 heterocycles. The molecule has 2 fully saturated rings. The molecule has 0 radical (unpaired) electrons. The van der Waals surface area contributed by atoms with E-state index < -0.39 is 23.7 Å². The Morgan fingerprint density at radius 3 is 1.94 bits per heavy atom. The van der Waals surface area contributed by atoms with Crippen LogP contribution in [0.2, 0.25) is 0 Å². The summed E-state index contributed by atoms with van der Waals surface area (Å²) in [6.45, 7) is 6.26. The minimum absolute atomic E-state index is 0.0171. The molecule has 3 rings (SSSR count). The van der Waals surface area contributed by atoms with Crippen LogP contribution in [0.25, 0.3) is 0 Å². The van der Waals surface area contributed by atoms with Gasteiger partial charge in [-0.05, 0) is 99.2 Å². The Bertz CT molecular complexity index is 718. The van der Waals surface area contributed by atoms with Crippen LogP contribution in [0.4, 0.5) is 22.0 Å². The highest BCUT2D eigenvalue weighted by Gasteiger charge is 2.35. The molecular formula is C25H33F5O. The lowest BCUT2D eigenvalue weighted by Gasteiger charge is -2.38. The molecule has 0 atom stereocenters. The Labute approximate surface area is 182 Å². The summed E-state index contributed by atoms with van der Waals surface area (Å²) in [6.07, 6.45) is 7.04. The van der Waals surface area contributed by atoms with E-state index in [0.717, 1.165) is 62.5 Å². The molecule has 2 saturated carbocycles. The van der Waals surface area contributed by atoms with Crippen molar-refractivity contribution in [3.05, 3.63) is 41.5 Å². The first kappa shape index (κ1) is 24.1. The van der Waals surface area contributed by atoms with Crippen molar-refractivity contribution in [1.29, 1.82) is 0 Å². The normalized spacial score (nSPS) is 27.2. The van der Waals surface area contributed by atoms with Crippen molar-refractivity contribution in [2.24, 2.45) is 17.8 Å². The topological polar surface area (TPSA) is 9.23 Å². The molecule has 0 N–H and O–H groups in total. The lowest BCUT2D eigenvalue weighted by molar-refractivity contribution is -0.276. The van der Waals surface area contributed by atoms with Crippen molar-refractivity contribution >= 4 is 0 Å². The zero-order chi connectivity index (χ0) is 22.6. The Balaban J connectivity index is 1.49. The van der Waals surface area contributed by atoms with E-state index in [1.807, 2.05) is 0 Å². The zero-order valence-corrected chi connectivity index (χ0v) is 18.2. The molecule has 0 unspecified atom stereocenters. The molecule has 1 aromatic rings. The lowest BCUT2D eigenvalue weighted by atomic mass is 9.68. The Hall–Kier alpha value is -1.59. The van der Waals surface area contributed by atoms with Crippen LogP contribution in [0, 0.1) is 29.4 Å². The number of hydrogen-bond donors (Lipinski definition) is 0. The number of alkyl halides is 3. The molecule has 174 valence electrons. The summed E-state index contributed by atoms with van der Waals surface area (Å²) in [5.41, 5.74) is 1.77. The molecule has 0 spiro atoms. The smallest absolute Gasteiger partial charge is 0.399 e. The number of halogens is 5. The second kappa shape index (κ2) is 10.4. The summed E-state index contributed by atoms with van der Waals surface area (Å²) in [7, 11) is 0. The summed E-state index contributed by atoms with van der Waals surface area (Å²) < 4.78 is 68.6. The third-order valence-electron chi connectivity index (χ3n) is 7.45. The molecule has 31 heavy (non-hydrogen) atoms. The molecule has 0 aliphatic heterocycles. The van der Waals surface area contributed by atoms with Gasteiger partial charge in [0.1, 0.15) is 0 Å². The van der Waals surface area contributed by atoms with Crippen LogP contribution in [0.1, 0.15) is 89.0 Å². The molecular weight excluding hydrogens is 411 g/mol. The summed E-state index contributed by atoms with van der Waals surface area (Å²) in [5, 5.41) is 0. The van der Waals surface area contributed by atoms with Gasteiger partial charge in [-0.2, -0.15) is 0 Å². The third kappa shape index (κ3) is 6.69. The molecule has 0 saturated heterocycles. The predicted octanol–water partition coefficient (Wildman–Crippen LogP) is 8.69. The Morgan fingerprint density at radius 2 is 1.45 bits per heavy atom. The van der Waals surface area contributed by atoms with Crippen LogP contribution < -0.4 is 4.74 Å². The number of benzene rings is 1. The van der Waals surface area contributed by atoms with Crippen molar-refractivity contribution in [1.82, 2.24) is 0 Å². The highest BCUT2D eigenvalue weighted by molar-refractivity contribution is 5.33. The number of hydrogen-bond acceptors (Lipinski definition) is 1. The number of allylic oxidation sites excluding steroid dienone is 1. The van der Waals surface area contributed by atoms with Crippen molar-refractivity contribution in [2.45, 2.75) is 89.8 Å². The monoisotopic (exact) mass is 444 g/mol. The van der Waals surface area contributed by atoms with Crippen LogP contribution in [-0.2, 0) is 0 Å². The highest BCUT2D eigenvalue weighted by Crippen LogP contribution is 2.45. The van der Waals surface area contributed by atoms with E-state index >= 15 is 0 Å². The maximum Gasteiger partial charge on any atom is 0.573 e. The van der Waals surface area contributed by atoms with Gasteiger partial charge < -0.3 is 4.74 Å². The van der Waals surface area contributed by atoms with E-state index in [9.17, 15) is 22.0 Å². The van der Waals surface area contributed by atoms with Crippen LogP contribution in [0.15, 0.2) is 24.3 Å². The maximum absolute atomic E-state index is 14.1. The minimum Gasteiger partial charge on any atom is -0.399 e. The van der Waals surface area contributed by atoms with Crippen molar-refractivity contribution in [2.75, 3.05) is 0 Å². The van der Waals surface area contributed by atoms with E-state index in [1.54, 1.807) is 0 Å². The van der Waals surface area contributed by atoms with Crippen molar-refractivity contribution in [3.8, 4) is 5.75 Å². The van der Waals surface area contributed by atoms with Gasteiger partial charge in [0.15, 0.2) is 11.6 Å². The van der Waals surface area contributed by atoms with Gasteiger partial charge in [0, 0.05) is 0 Å². The average molecular weight is 445 g/mol. The molecule has 2 aliphatic carbocycles. The fourth-order valence-electron chi connectivity index (χ4n) is 5.49. The first-order valence-corrected chi connectivity index (χ1v) is 11.6. The largest absolute Gasteiger partial charge is 0.573 e. The van der Waals surface area contributed by atoms with Gasteiger partial charge in [0.25, 0.3) is 0 Å². The second-order valence-corrected chi connectivity index (χ2v) is 9.40. The highest BCUT2D eigenvalue weighted by atomic mass is 19.4. The SMILES string of the molecule is C=C(CC)CCC1CCC(C2CCC(c3cc(F)c(OC(F)(F)F)c(F)c3)CC2)CC1. The minimum atomic E-state index is -5.12. The first-order valence-electron chi connectivity index (χ1n) is 11.6. The molecule has 0 amide bonds. The van der Waals surface area contributed by atoms with Gasteiger partial charge >= 0.3 is 6.36 Å². The lowest BCUT2D eigenvalue weighted by Crippen LogP contribution is -2.25. The Kier molecular flexibility index (Phi) is 8.03. The molecule has 6 heteroatoms. The van der Waals surface area contributed by atoms with E-state index in [2.05, 4.69) is 18.2 Å². The maximum atomic E-state index is 14.1. The van der Waals surface area contributed by atoms with Gasteiger partial charge in [0.05, 0.1) is 0 Å². The van der Waals surface area contributed by atoms with Gasteiger partial charge in [-0.15, -0.1) is 13.2 Å². The molecule has 2 aliphatic rings. The molecule has 1 nitrogen and oxygen atoms in total. The van der Waals surface area contributed by atoms with Crippen molar-refractivity contribution in [3.63, 3.8) is 0 Å². The third-order valence-corrected chi connectivity index (χ3v) is 7.45. The van der Waals surface area contributed by atoms with Gasteiger partial charge in [-0.3, -0.25) is 0 Å². The zero-order valence-electron chi connectivity index (χ0n) is 18.2. The molecule has 0 aromatic heterocycles. The van der Waals surface area contributed by atoms with Gasteiger partial charge in [-0.1, -0.05) is 31.9 Å². The standard InChI is InChI=1S/C25H33F5O/c1-3-16(2)4-5-17-6-8-18(9-7-17)19-10-12-20(13-11-19)21-14-22(26)24(23(27)15-21)31-25(28,29)30/h14-15,17-20H,2-13H2,1H3. The number of rotatable bonds is 7. The van der Waals surface area contributed by atoms with Crippen LogP contribution in [0.3, 0.4) is 0 Å². The predicted molar refractivity (Wildman–Crippen MR) is 112 cm³/mol. The van der Waals surface area contributed by atoms with E-state index in [0.29, 0.717) is 11.5 Å². The molecule has 1 aromatic carbocycles. The quantitative estimate of drug-likeness (QED) is 0.302. The van der Waals surface area contributed by atoms with Crippen molar-refractivity contribution < 1.29 is 26.7 Å². The summed E-state index contributed by atoms with van der Waals surface area (Å²) in [4.78, 5) is 0. The van der Waals surface area contributed by atoms with E-state index in [1.165, 1.54) is 37.7 Å². The van der Waals surface area contributed by atoms with Crippen LogP contribution in [0.5, 0.6) is 5.75 Å². The molecule has 0 bridgehead atoms. The second-order valence-electron chi connectivity index (χ2n) is 9.40. The first-order chi connectivity index (χ1) is 14.7. The van der Waals surface area contributed by atoms with Gasteiger partial charge in [0.2, 0.25) is 5.75 Å². The van der Waals surface area contributed by atoms with E-state index in [4.69, 9.17) is 0 Å². The summed E-state index contributed by atoms with van der Waals surface area (Å²) in [6, 6.07) is 2.01. The number of ether oxygens (including phenoxy) is 1. The average Bonchev–Trinajstić information content (AvgIpc) is 2.74. The van der Waals surface area contributed by atoms with Gasteiger partial charge in [-0.25, -0.2) is 8.78 Å². The fraction of sp³-hybridized carbons (Fsp3) is 0.680. The van der Waals surface area contributed by atoms with Crippen LogP contribution in [-0.4, -0.2) is 6.36 Å². The Morgan fingerprint density at radius 1 is 0.935 bits per heavy atom.